The van der Waals surface area contributed by atoms with Gasteiger partial charge in [0.25, 0.3) is 5.91 Å². The molecule has 136 valence electrons. The van der Waals surface area contributed by atoms with Crippen LogP contribution in [-0.2, 0) is 11.2 Å². The molecule has 1 aliphatic rings. The van der Waals surface area contributed by atoms with Crippen LogP contribution < -0.4 is 4.90 Å². The van der Waals surface area contributed by atoms with Crippen LogP contribution >= 0.6 is 0 Å². The number of hydrogen-bond donors (Lipinski definition) is 0. The molecule has 5 heteroatoms. The van der Waals surface area contributed by atoms with Crippen molar-refractivity contribution >= 4 is 17.6 Å². The molecular formula is C21H24N2O3. The summed E-state index contributed by atoms with van der Waals surface area (Å²) in [4.78, 5) is 31.2. The predicted octanol–water partition coefficient (Wildman–Crippen LogP) is 3.94. The van der Waals surface area contributed by atoms with Gasteiger partial charge in [-0.1, -0.05) is 0 Å². The second-order valence-electron chi connectivity index (χ2n) is 7.59. The first-order valence-corrected chi connectivity index (χ1v) is 8.85. The molecule has 26 heavy (non-hydrogen) atoms. The third kappa shape index (κ3) is 3.93. The highest BCUT2D eigenvalue weighted by Crippen LogP contribution is 2.30. The highest BCUT2D eigenvalue weighted by Gasteiger charge is 2.25. The van der Waals surface area contributed by atoms with Crippen LogP contribution in [0.3, 0.4) is 0 Å². The first-order valence-electron chi connectivity index (χ1n) is 8.85. The maximum atomic E-state index is 12.9. The Hall–Kier alpha value is -2.69. The molecule has 5 nitrogen and oxygen atoms in total. The number of nitrogens with zero attached hydrogens (tertiary/aromatic N) is 2. The molecule has 0 fully saturated rings. The van der Waals surface area contributed by atoms with Gasteiger partial charge >= 0.3 is 5.97 Å². The molecule has 0 N–H and O–H groups in total. The summed E-state index contributed by atoms with van der Waals surface area (Å²) in [5.41, 5.74) is 3.28. The minimum atomic E-state index is -0.534. The molecule has 1 amide bonds. The Balaban J connectivity index is 1.87. The van der Waals surface area contributed by atoms with Crippen molar-refractivity contribution in [1.29, 1.82) is 0 Å². The number of pyridine rings is 1. The van der Waals surface area contributed by atoms with Gasteiger partial charge in [0.1, 0.15) is 5.60 Å². The van der Waals surface area contributed by atoms with Crippen molar-refractivity contribution in [1.82, 2.24) is 4.98 Å². The Bertz CT molecular complexity index is 835. The van der Waals surface area contributed by atoms with Gasteiger partial charge in [-0.3, -0.25) is 9.78 Å². The molecule has 0 unspecified atom stereocenters. The number of aromatic nitrogens is 1. The number of hydrogen-bond acceptors (Lipinski definition) is 4. The topological polar surface area (TPSA) is 59.5 Å². The summed E-state index contributed by atoms with van der Waals surface area (Å²) < 4.78 is 5.44. The quantitative estimate of drug-likeness (QED) is 0.768. The number of ether oxygens (including phenoxy) is 1. The molecule has 0 radical (unpaired) electrons. The highest BCUT2D eigenvalue weighted by atomic mass is 16.6. The lowest BCUT2D eigenvalue weighted by Gasteiger charge is -2.30. The average molecular weight is 352 g/mol. The molecule has 0 atom stereocenters. The molecule has 1 aromatic carbocycles. The van der Waals surface area contributed by atoms with Crippen LogP contribution in [0.1, 0.15) is 59.2 Å². The van der Waals surface area contributed by atoms with E-state index in [-0.39, 0.29) is 11.9 Å². The van der Waals surface area contributed by atoms with Gasteiger partial charge in [-0.25, -0.2) is 4.79 Å². The summed E-state index contributed by atoms with van der Waals surface area (Å²) in [7, 11) is 0. The molecule has 1 aliphatic heterocycles. The van der Waals surface area contributed by atoms with Gasteiger partial charge in [-0.15, -0.1) is 0 Å². The lowest BCUT2D eigenvalue weighted by molar-refractivity contribution is 0.00693. The van der Waals surface area contributed by atoms with Crippen molar-refractivity contribution in [3.8, 4) is 0 Å². The van der Waals surface area contributed by atoms with E-state index in [1.165, 1.54) is 0 Å². The van der Waals surface area contributed by atoms with Gasteiger partial charge in [0, 0.05) is 24.1 Å². The molecule has 2 heterocycles. The fraction of sp³-hybridized carbons (Fsp3) is 0.381. The summed E-state index contributed by atoms with van der Waals surface area (Å²) in [6.45, 7) is 8.09. The molecule has 0 aliphatic carbocycles. The second-order valence-corrected chi connectivity index (χ2v) is 7.59. The zero-order valence-electron chi connectivity index (χ0n) is 15.7. The molecule has 0 saturated carbocycles. The van der Waals surface area contributed by atoms with Crippen LogP contribution in [0.5, 0.6) is 0 Å². The van der Waals surface area contributed by atoms with Gasteiger partial charge in [-0.05, 0) is 76.4 Å². The lowest BCUT2D eigenvalue weighted by atomic mass is 9.98. The third-order valence-corrected chi connectivity index (χ3v) is 4.24. The SMILES string of the molecule is Cc1ccc(C(=O)N2CCCc3cc(C(=O)OC(C)(C)C)ccc32)cn1. The number of anilines is 1. The Labute approximate surface area is 154 Å². The molecule has 1 aromatic heterocycles. The number of rotatable bonds is 2. The standard InChI is InChI=1S/C21H24N2O3/c1-14-7-8-17(13-22-14)19(24)23-11-5-6-15-12-16(9-10-18(15)23)20(25)26-21(2,3)4/h7-10,12-13H,5-6,11H2,1-4H3. The van der Waals surface area contributed by atoms with Crippen LogP contribution in [0.15, 0.2) is 36.5 Å². The minimum Gasteiger partial charge on any atom is -0.456 e. The largest absolute Gasteiger partial charge is 0.456 e. The Morgan fingerprint density at radius 2 is 1.85 bits per heavy atom. The number of amides is 1. The predicted molar refractivity (Wildman–Crippen MR) is 101 cm³/mol. The number of aryl methyl sites for hydroxylation is 2. The molecule has 0 spiro atoms. The summed E-state index contributed by atoms with van der Waals surface area (Å²) in [6, 6.07) is 9.05. The highest BCUT2D eigenvalue weighted by molar-refractivity contribution is 6.06. The summed E-state index contributed by atoms with van der Waals surface area (Å²) in [6.07, 6.45) is 3.30. The first-order chi connectivity index (χ1) is 12.2. The lowest BCUT2D eigenvalue weighted by Crippen LogP contribution is -2.35. The minimum absolute atomic E-state index is 0.0662. The van der Waals surface area contributed by atoms with Crippen LogP contribution in [0, 0.1) is 6.92 Å². The number of carbonyl (C=O) groups excluding carboxylic acids is 2. The van der Waals surface area contributed by atoms with Gasteiger partial charge in [-0.2, -0.15) is 0 Å². The van der Waals surface area contributed by atoms with Crippen molar-refractivity contribution < 1.29 is 14.3 Å². The zero-order chi connectivity index (χ0) is 18.9. The van der Waals surface area contributed by atoms with Crippen molar-refractivity contribution in [2.45, 2.75) is 46.1 Å². The van der Waals surface area contributed by atoms with Gasteiger partial charge < -0.3 is 9.64 Å². The smallest absolute Gasteiger partial charge is 0.338 e. The molecule has 0 bridgehead atoms. The number of esters is 1. The van der Waals surface area contributed by atoms with Crippen molar-refractivity contribution in [3.05, 3.63) is 58.9 Å². The van der Waals surface area contributed by atoms with E-state index in [2.05, 4.69) is 4.98 Å². The molecule has 0 saturated heterocycles. The normalized spacial score (nSPS) is 13.9. The summed E-state index contributed by atoms with van der Waals surface area (Å²) >= 11 is 0. The van der Waals surface area contributed by atoms with Crippen molar-refractivity contribution in [3.63, 3.8) is 0 Å². The Kier molecular flexibility index (Phi) is 4.81. The first kappa shape index (κ1) is 18.1. The Morgan fingerprint density at radius 3 is 2.50 bits per heavy atom. The van der Waals surface area contributed by atoms with E-state index in [0.717, 1.165) is 29.8 Å². The number of fused-ring (bicyclic) bond motifs is 1. The molecule has 2 aromatic rings. The monoisotopic (exact) mass is 352 g/mol. The molecule has 3 rings (SSSR count). The van der Waals surface area contributed by atoms with Crippen LogP contribution in [0.2, 0.25) is 0 Å². The van der Waals surface area contributed by atoms with Crippen LogP contribution in [-0.4, -0.2) is 29.0 Å². The fourth-order valence-corrected chi connectivity index (χ4v) is 3.02. The van der Waals surface area contributed by atoms with Gasteiger partial charge in [0.2, 0.25) is 0 Å². The van der Waals surface area contributed by atoms with Gasteiger partial charge in [0.05, 0.1) is 11.1 Å². The van der Waals surface area contributed by atoms with E-state index in [0.29, 0.717) is 17.7 Å². The molecular weight excluding hydrogens is 328 g/mol. The van der Waals surface area contributed by atoms with Crippen LogP contribution in [0.25, 0.3) is 0 Å². The summed E-state index contributed by atoms with van der Waals surface area (Å²) in [5, 5.41) is 0. The van der Waals surface area contributed by atoms with E-state index in [4.69, 9.17) is 4.74 Å². The Morgan fingerprint density at radius 1 is 1.12 bits per heavy atom. The van der Waals surface area contributed by atoms with Crippen molar-refractivity contribution in [2.75, 3.05) is 11.4 Å². The van der Waals surface area contributed by atoms with E-state index in [1.54, 1.807) is 23.2 Å². The van der Waals surface area contributed by atoms with Gasteiger partial charge in [0.15, 0.2) is 0 Å². The maximum absolute atomic E-state index is 12.9. The third-order valence-electron chi connectivity index (χ3n) is 4.24. The number of carbonyl (C=O) groups is 2. The van der Waals surface area contributed by atoms with E-state index >= 15 is 0 Å². The zero-order valence-corrected chi connectivity index (χ0v) is 15.7. The van der Waals surface area contributed by atoms with Crippen LogP contribution in [0.4, 0.5) is 5.69 Å². The van der Waals surface area contributed by atoms with E-state index < -0.39 is 5.60 Å². The van der Waals surface area contributed by atoms with Crippen molar-refractivity contribution in [2.24, 2.45) is 0 Å². The number of benzene rings is 1. The second kappa shape index (κ2) is 6.90. The van der Waals surface area contributed by atoms with E-state index in [9.17, 15) is 9.59 Å². The fourth-order valence-electron chi connectivity index (χ4n) is 3.02. The summed E-state index contributed by atoms with van der Waals surface area (Å²) in [5.74, 6) is -0.407. The maximum Gasteiger partial charge on any atom is 0.338 e. The average Bonchev–Trinajstić information content (AvgIpc) is 2.59. The van der Waals surface area contributed by atoms with E-state index in [1.807, 2.05) is 45.9 Å².